The molecule has 0 aliphatic carbocycles. The monoisotopic (exact) mass is 231 g/mol. The molecule has 6 heteroatoms. The Morgan fingerprint density at radius 3 is 3.20 bits per heavy atom. The lowest BCUT2D eigenvalue weighted by Crippen LogP contribution is -2.52. The molecule has 0 spiro atoms. The van der Waals surface area contributed by atoms with Gasteiger partial charge in [0.15, 0.2) is 5.17 Å². The predicted octanol–water partition coefficient (Wildman–Crippen LogP) is -0.627. The first-order valence-corrected chi connectivity index (χ1v) is 6.00. The molecule has 2 rings (SSSR count). The first-order valence-electron chi connectivity index (χ1n) is 5.12. The summed E-state index contributed by atoms with van der Waals surface area (Å²) in [6.45, 7) is 0.777. The molecular weight excluding hydrogens is 214 g/mol. The zero-order valence-electron chi connectivity index (χ0n) is 8.93. The molecule has 15 heavy (non-hydrogen) atoms. The van der Waals surface area contributed by atoms with E-state index in [9.17, 15) is 5.11 Å². The number of hydrogen-bond donors (Lipinski definition) is 3. The molecule has 2 aliphatic heterocycles. The maximum Gasteiger partial charge on any atom is 0.159 e. The lowest BCUT2D eigenvalue weighted by molar-refractivity contribution is -0.0720. The van der Waals surface area contributed by atoms with Gasteiger partial charge < -0.3 is 20.5 Å². The fourth-order valence-corrected chi connectivity index (χ4v) is 3.09. The van der Waals surface area contributed by atoms with E-state index in [1.54, 1.807) is 18.8 Å². The quantitative estimate of drug-likeness (QED) is 0.591. The summed E-state index contributed by atoms with van der Waals surface area (Å²) in [5, 5.41) is 17.0. The average Bonchev–Trinajstić information content (AvgIpc) is 2.62. The Hall–Kier alpha value is -0.300. The van der Waals surface area contributed by atoms with Gasteiger partial charge in [-0.1, -0.05) is 11.8 Å². The summed E-state index contributed by atoms with van der Waals surface area (Å²) in [5.41, 5.74) is -0.00852. The molecule has 86 valence electrons. The Morgan fingerprint density at radius 1 is 1.73 bits per heavy atom. The van der Waals surface area contributed by atoms with Crippen LogP contribution in [0.5, 0.6) is 0 Å². The Morgan fingerprint density at radius 2 is 2.53 bits per heavy atom. The number of ether oxygens (including phenoxy) is 1. The molecule has 4 atom stereocenters. The number of nitrogens with one attached hydrogen (secondary N) is 2. The van der Waals surface area contributed by atoms with Crippen molar-refractivity contribution in [2.45, 2.75) is 30.1 Å². The van der Waals surface area contributed by atoms with Crippen LogP contribution in [-0.2, 0) is 4.74 Å². The molecule has 2 fully saturated rings. The minimum atomic E-state index is -0.353. The van der Waals surface area contributed by atoms with Gasteiger partial charge in [-0.2, -0.15) is 0 Å². The fourth-order valence-electron chi connectivity index (χ4n) is 1.96. The van der Waals surface area contributed by atoms with Crippen molar-refractivity contribution in [3.63, 3.8) is 0 Å². The first kappa shape index (κ1) is 11.2. The fraction of sp³-hybridized carbons (Fsp3) is 0.889. The van der Waals surface area contributed by atoms with Crippen LogP contribution in [0.4, 0.5) is 0 Å². The van der Waals surface area contributed by atoms with Crippen LogP contribution in [-0.4, -0.2) is 54.6 Å². The summed E-state index contributed by atoms with van der Waals surface area (Å²) < 4.78 is 5.85. The van der Waals surface area contributed by atoms with Crippen molar-refractivity contribution in [1.82, 2.24) is 10.6 Å². The van der Waals surface area contributed by atoms with E-state index >= 15 is 0 Å². The van der Waals surface area contributed by atoms with Gasteiger partial charge in [0.1, 0.15) is 5.44 Å². The smallest absolute Gasteiger partial charge is 0.159 e. The molecule has 0 bridgehead atoms. The number of aliphatic hydroxyl groups is 1. The number of aliphatic hydroxyl groups excluding tert-OH is 1. The summed E-state index contributed by atoms with van der Waals surface area (Å²) in [7, 11) is 3.63. The van der Waals surface area contributed by atoms with E-state index in [-0.39, 0.29) is 23.7 Å². The van der Waals surface area contributed by atoms with Crippen molar-refractivity contribution >= 4 is 16.9 Å². The highest BCUT2D eigenvalue weighted by atomic mass is 32.2. The third-order valence-electron chi connectivity index (χ3n) is 2.69. The normalized spacial score (nSPS) is 42.7. The molecule has 0 aromatic heterocycles. The van der Waals surface area contributed by atoms with Crippen molar-refractivity contribution in [2.24, 2.45) is 4.99 Å². The van der Waals surface area contributed by atoms with Crippen LogP contribution in [0.1, 0.15) is 6.42 Å². The van der Waals surface area contributed by atoms with Crippen LogP contribution < -0.4 is 10.6 Å². The summed E-state index contributed by atoms with van der Waals surface area (Å²) in [5.74, 6) is 0. The van der Waals surface area contributed by atoms with Crippen molar-refractivity contribution in [3.8, 4) is 0 Å². The van der Waals surface area contributed by atoms with E-state index in [1.165, 1.54) is 0 Å². The lowest BCUT2D eigenvalue weighted by atomic mass is 10.0. The number of amidine groups is 1. The average molecular weight is 231 g/mol. The number of rotatable bonds is 2. The summed E-state index contributed by atoms with van der Waals surface area (Å²) in [6, 6.07) is -0.0122. The summed E-state index contributed by atoms with van der Waals surface area (Å²) >= 11 is 1.56. The highest BCUT2D eigenvalue weighted by molar-refractivity contribution is 8.14. The third kappa shape index (κ3) is 2.28. The van der Waals surface area contributed by atoms with E-state index < -0.39 is 0 Å². The molecule has 0 saturated carbocycles. The van der Waals surface area contributed by atoms with E-state index in [0.29, 0.717) is 6.42 Å². The van der Waals surface area contributed by atoms with Gasteiger partial charge in [-0.25, -0.2) is 0 Å². The SMILES string of the molecule is CN=C1N[C@@H]2C(O)CC(CNC)O[C@@H]2S1. The van der Waals surface area contributed by atoms with Gasteiger partial charge in [0.25, 0.3) is 0 Å². The summed E-state index contributed by atoms with van der Waals surface area (Å²) in [6.07, 6.45) is 0.414. The highest BCUT2D eigenvalue weighted by Gasteiger charge is 2.43. The van der Waals surface area contributed by atoms with Crippen LogP contribution >= 0.6 is 11.8 Å². The van der Waals surface area contributed by atoms with Gasteiger partial charge in [-0.15, -0.1) is 0 Å². The minimum Gasteiger partial charge on any atom is -0.391 e. The lowest BCUT2D eigenvalue weighted by Gasteiger charge is -2.34. The van der Waals surface area contributed by atoms with E-state index in [2.05, 4.69) is 15.6 Å². The zero-order valence-corrected chi connectivity index (χ0v) is 9.75. The molecule has 3 N–H and O–H groups in total. The molecule has 2 unspecified atom stereocenters. The number of thioether (sulfide) groups is 1. The maximum absolute atomic E-state index is 9.95. The molecule has 0 aromatic rings. The van der Waals surface area contributed by atoms with Crippen LogP contribution in [0.25, 0.3) is 0 Å². The Bertz CT molecular complexity index is 262. The van der Waals surface area contributed by atoms with Crippen LogP contribution in [0.3, 0.4) is 0 Å². The van der Waals surface area contributed by atoms with Crippen molar-refractivity contribution < 1.29 is 9.84 Å². The molecule has 2 saturated heterocycles. The molecule has 5 nitrogen and oxygen atoms in total. The summed E-state index contributed by atoms with van der Waals surface area (Å²) in [4.78, 5) is 4.08. The number of likely N-dealkylation sites (N-methyl/N-ethyl adjacent to an activating group) is 1. The van der Waals surface area contributed by atoms with Gasteiger partial charge >= 0.3 is 0 Å². The molecule has 2 heterocycles. The van der Waals surface area contributed by atoms with Crippen LogP contribution in [0.15, 0.2) is 4.99 Å². The van der Waals surface area contributed by atoms with E-state index in [1.807, 2.05) is 7.05 Å². The van der Waals surface area contributed by atoms with Crippen molar-refractivity contribution in [1.29, 1.82) is 0 Å². The molecule has 0 aromatic carbocycles. The number of hydrogen-bond acceptors (Lipinski definition) is 5. The highest BCUT2D eigenvalue weighted by Crippen LogP contribution is 2.33. The molecule has 2 aliphatic rings. The van der Waals surface area contributed by atoms with E-state index in [4.69, 9.17) is 4.74 Å². The van der Waals surface area contributed by atoms with Gasteiger partial charge in [-0.05, 0) is 7.05 Å². The number of aliphatic imine (C=N–C) groups is 1. The van der Waals surface area contributed by atoms with Gasteiger partial charge in [-0.3, -0.25) is 4.99 Å². The molecular formula is C9H17N3O2S. The minimum absolute atomic E-state index is 0.00852. The second kappa shape index (κ2) is 4.69. The third-order valence-corrected chi connectivity index (χ3v) is 3.85. The van der Waals surface area contributed by atoms with E-state index in [0.717, 1.165) is 11.7 Å². The van der Waals surface area contributed by atoms with Gasteiger partial charge in [0.05, 0.1) is 18.2 Å². The van der Waals surface area contributed by atoms with Crippen molar-refractivity contribution in [3.05, 3.63) is 0 Å². The van der Waals surface area contributed by atoms with Gasteiger partial charge in [0.2, 0.25) is 0 Å². The molecule has 0 amide bonds. The zero-order chi connectivity index (χ0) is 10.8. The Labute approximate surface area is 93.7 Å². The Balaban J connectivity index is 2.00. The second-order valence-corrected chi connectivity index (χ2v) is 4.89. The Kier molecular flexibility index (Phi) is 3.50. The largest absolute Gasteiger partial charge is 0.391 e. The van der Waals surface area contributed by atoms with Crippen LogP contribution in [0, 0.1) is 0 Å². The predicted molar refractivity (Wildman–Crippen MR) is 61.1 cm³/mol. The number of fused-ring (bicyclic) bond motifs is 1. The second-order valence-electron chi connectivity index (χ2n) is 3.80. The molecule has 0 radical (unpaired) electrons. The maximum atomic E-state index is 9.95. The van der Waals surface area contributed by atoms with Crippen molar-refractivity contribution in [2.75, 3.05) is 20.6 Å². The standard InChI is InChI=1S/C9H17N3O2S/c1-10-4-5-3-6(13)7-8(14-5)15-9(11-2)12-7/h5-8,10,13H,3-4H2,1-2H3,(H,11,12)/t5?,6?,7-,8-/m1/s1. The van der Waals surface area contributed by atoms with Gasteiger partial charge in [0, 0.05) is 20.0 Å². The number of nitrogens with zero attached hydrogens (tertiary/aromatic N) is 1. The topological polar surface area (TPSA) is 65.9 Å². The van der Waals surface area contributed by atoms with Crippen LogP contribution in [0.2, 0.25) is 0 Å². The first-order chi connectivity index (χ1) is 7.24.